The van der Waals surface area contributed by atoms with Crippen LogP contribution in [0, 0.1) is 17.8 Å². The molecule has 7 fully saturated rings. The summed E-state index contributed by atoms with van der Waals surface area (Å²) in [6.45, 7) is 1.26. The summed E-state index contributed by atoms with van der Waals surface area (Å²) >= 11 is 0. The molecule has 5 saturated carbocycles. The zero-order valence-corrected chi connectivity index (χ0v) is 30.2. The van der Waals surface area contributed by atoms with Gasteiger partial charge in [-0.3, -0.25) is 0 Å². The quantitative estimate of drug-likeness (QED) is 0.257. The third kappa shape index (κ3) is 5.93. The van der Waals surface area contributed by atoms with Gasteiger partial charge in [0.25, 0.3) is 0 Å². The molecule has 4 atom stereocenters. The number of carbonyl (C=O) groups excluding carboxylic acids is 2. The maximum atomic E-state index is 13.1. The topological polar surface area (TPSA) is 122 Å². The molecule has 2 spiro atoms. The number of amides is 2. The number of nitrogens with zero attached hydrogens (tertiary/aromatic N) is 1. The van der Waals surface area contributed by atoms with Crippen molar-refractivity contribution in [3.05, 3.63) is 89.5 Å². The third-order valence-corrected chi connectivity index (χ3v) is 13.7. The average molecular weight is 720 g/mol. The van der Waals surface area contributed by atoms with Crippen LogP contribution in [0.3, 0.4) is 0 Å². The summed E-state index contributed by atoms with van der Waals surface area (Å²) < 4.78 is 18.5. The molecule has 10 heteroatoms. The minimum atomic E-state index is -0.725. The number of piperidine rings is 1. The van der Waals surface area contributed by atoms with E-state index in [1.54, 1.807) is 4.90 Å². The van der Waals surface area contributed by atoms with E-state index in [9.17, 15) is 9.59 Å². The number of rotatable bonds is 5. The van der Waals surface area contributed by atoms with Crippen LogP contribution in [0.5, 0.6) is 5.75 Å². The summed E-state index contributed by atoms with van der Waals surface area (Å²) in [5, 5.41) is 3.02. The van der Waals surface area contributed by atoms with Gasteiger partial charge >= 0.3 is 12.2 Å². The van der Waals surface area contributed by atoms with Crippen molar-refractivity contribution in [3.8, 4) is 16.9 Å². The Morgan fingerprint density at radius 3 is 2.19 bits per heavy atom. The van der Waals surface area contributed by atoms with E-state index >= 15 is 0 Å². The molecule has 11 rings (SSSR count). The number of hydrogen-bond donors (Lipinski definition) is 2. The summed E-state index contributed by atoms with van der Waals surface area (Å²) in [6.07, 6.45) is 9.36. The first kappa shape index (κ1) is 33.6. The minimum absolute atomic E-state index is 0.0158. The fourth-order valence-electron chi connectivity index (χ4n) is 11.4. The van der Waals surface area contributed by atoms with Crippen LogP contribution in [-0.4, -0.2) is 59.9 Å². The Kier molecular flexibility index (Phi) is 8.13. The van der Waals surface area contributed by atoms with Crippen LogP contribution >= 0.6 is 0 Å². The SMILES string of the molecule is NC12CC3CC(C1)C1(OO[C@@]4(CCCC(c5ccc(OC(=O)N6CCC(NC(=O)OCC7c8ccccc8-c8ccccc87)CC6)cc5)C4)O1)C(C3)C2. The first-order valence-electron chi connectivity index (χ1n) is 19.8. The van der Waals surface area contributed by atoms with Gasteiger partial charge in [0.05, 0.1) is 0 Å². The molecular weight excluding hydrogens is 670 g/mol. The van der Waals surface area contributed by atoms with Crippen LogP contribution < -0.4 is 15.8 Å². The van der Waals surface area contributed by atoms with Gasteiger partial charge in [-0.2, -0.15) is 9.78 Å². The van der Waals surface area contributed by atoms with Gasteiger partial charge in [-0.05, 0) is 110 Å². The lowest BCUT2D eigenvalue weighted by atomic mass is 9.50. The van der Waals surface area contributed by atoms with E-state index in [0.29, 0.717) is 49.4 Å². The lowest BCUT2D eigenvalue weighted by Crippen LogP contribution is -2.67. The molecule has 0 aromatic heterocycles. The van der Waals surface area contributed by atoms with E-state index in [-0.39, 0.29) is 36.1 Å². The fraction of sp³-hybridized carbons (Fsp3) is 0.535. The molecule has 3 aromatic rings. The van der Waals surface area contributed by atoms with Crippen LogP contribution in [0.2, 0.25) is 0 Å². The maximum absolute atomic E-state index is 13.1. The lowest BCUT2D eigenvalue weighted by Gasteiger charge is -2.61. The highest BCUT2D eigenvalue weighted by molar-refractivity contribution is 5.79. The molecule has 3 N–H and O–H groups in total. The average Bonchev–Trinajstić information content (AvgIpc) is 3.69. The molecule has 10 nitrogen and oxygen atoms in total. The summed E-state index contributed by atoms with van der Waals surface area (Å²) in [7, 11) is 0. The van der Waals surface area contributed by atoms with Gasteiger partial charge in [0.15, 0.2) is 0 Å². The van der Waals surface area contributed by atoms with Crippen molar-refractivity contribution < 1.29 is 33.6 Å². The molecule has 6 aliphatic carbocycles. The molecule has 278 valence electrons. The largest absolute Gasteiger partial charge is 0.449 e. The van der Waals surface area contributed by atoms with Crippen LogP contribution in [0.15, 0.2) is 72.8 Å². The predicted molar refractivity (Wildman–Crippen MR) is 196 cm³/mol. The van der Waals surface area contributed by atoms with Crippen molar-refractivity contribution in [1.29, 1.82) is 0 Å². The Bertz CT molecular complexity index is 1830. The van der Waals surface area contributed by atoms with Gasteiger partial charge in [0.2, 0.25) is 11.6 Å². The Balaban J connectivity index is 0.695. The molecular formula is C43H49N3O7. The van der Waals surface area contributed by atoms with Gasteiger partial charge in [0.1, 0.15) is 12.4 Å². The molecule has 3 unspecified atom stereocenters. The Hall–Kier alpha value is -3.96. The second-order valence-corrected chi connectivity index (χ2v) is 17.1. The Morgan fingerprint density at radius 1 is 0.830 bits per heavy atom. The normalized spacial score (nSPS) is 34.3. The summed E-state index contributed by atoms with van der Waals surface area (Å²) in [5.41, 5.74) is 12.7. The highest BCUT2D eigenvalue weighted by Gasteiger charge is 2.69. The maximum Gasteiger partial charge on any atom is 0.415 e. The number of carbonyl (C=O) groups is 2. The minimum Gasteiger partial charge on any atom is -0.449 e. The summed E-state index contributed by atoms with van der Waals surface area (Å²) in [5.74, 6) is 0.704. The molecule has 2 heterocycles. The monoisotopic (exact) mass is 719 g/mol. The molecule has 2 aliphatic heterocycles. The molecule has 2 amide bonds. The number of hydrogen-bond acceptors (Lipinski definition) is 8. The number of alkyl carbamates (subject to hydrolysis) is 1. The van der Waals surface area contributed by atoms with Crippen molar-refractivity contribution in [2.45, 2.75) is 106 Å². The van der Waals surface area contributed by atoms with Crippen molar-refractivity contribution in [3.63, 3.8) is 0 Å². The fourth-order valence-corrected chi connectivity index (χ4v) is 11.4. The van der Waals surface area contributed by atoms with Crippen LogP contribution in [-0.2, 0) is 19.2 Å². The Labute approximate surface area is 310 Å². The Morgan fingerprint density at radius 2 is 1.51 bits per heavy atom. The zero-order chi connectivity index (χ0) is 35.8. The second-order valence-electron chi connectivity index (χ2n) is 17.1. The molecule has 8 aliphatic rings. The van der Waals surface area contributed by atoms with Crippen molar-refractivity contribution in [1.82, 2.24) is 10.2 Å². The van der Waals surface area contributed by atoms with E-state index in [1.807, 2.05) is 36.4 Å². The van der Waals surface area contributed by atoms with E-state index in [1.165, 1.54) is 27.8 Å². The van der Waals surface area contributed by atoms with Gasteiger partial charge in [-0.1, -0.05) is 60.7 Å². The standard InChI is InChI=1S/C43H49N3O7/c44-41-22-27-20-30(24-41)43(31(21-27)25-41)51-42(52-53-43)17-5-6-29(23-42)28-11-13-33(14-12-28)50-40(48)46-18-15-32(16-19-46)45-39(47)49-26-38-36-9-3-1-7-34(36)35-8-2-4-10-37(35)38/h1-4,7-14,27,29-32,38H,5-6,15-26,44H2,(H,45,47)/t27?,29?,30?,31?,41?,42-,43?/m1/s1. The highest BCUT2D eigenvalue weighted by Crippen LogP contribution is 2.64. The van der Waals surface area contributed by atoms with E-state index in [0.717, 1.165) is 57.8 Å². The van der Waals surface area contributed by atoms with Crippen molar-refractivity contribution in [2.24, 2.45) is 23.5 Å². The van der Waals surface area contributed by atoms with Crippen LogP contribution in [0.1, 0.15) is 99.2 Å². The number of ether oxygens (including phenoxy) is 3. The number of benzene rings is 3. The number of likely N-dealkylation sites (tertiary alicyclic amines) is 1. The van der Waals surface area contributed by atoms with E-state index in [2.05, 4.69) is 41.7 Å². The van der Waals surface area contributed by atoms with Gasteiger partial charge in [0, 0.05) is 55.3 Å². The van der Waals surface area contributed by atoms with Crippen molar-refractivity contribution >= 4 is 12.2 Å². The second kappa shape index (κ2) is 12.8. The smallest absolute Gasteiger partial charge is 0.415 e. The molecule has 53 heavy (non-hydrogen) atoms. The molecule has 4 bridgehead atoms. The van der Waals surface area contributed by atoms with Crippen LogP contribution in [0.4, 0.5) is 9.59 Å². The van der Waals surface area contributed by atoms with E-state index < -0.39 is 17.7 Å². The number of nitrogens with one attached hydrogen (secondary N) is 1. The zero-order valence-electron chi connectivity index (χ0n) is 30.2. The van der Waals surface area contributed by atoms with E-state index in [4.69, 9.17) is 29.7 Å². The predicted octanol–water partition coefficient (Wildman–Crippen LogP) is 7.75. The first-order valence-corrected chi connectivity index (χ1v) is 19.8. The molecule has 0 radical (unpaired) electrons. The lowest BCUT2D eigenvalue weighted by molar-refractivity contribution is -0.391. The van der Waals surface area contributed by atoms with Crippen LogP contribution in [0.25, 0.3) is 11.1 Å². The van der Waals surface area contributed by atoms with Gasteiger partial charge in [-0.15, -0.1) is 0 Å². The summed E-state index contributed by atoms with van der Waals surface area (Å²) in [6, 6.07) is 24.4. The number of nitrogens with two attached hydrogens (primary N) is 1. The molecule has 2 saturated heterocycles. The summed E-state index contributed by atoms with van der Waals surface area (Å²) in [4.78, 5) is 40.1. The highest BCUT2D eigenvalue weighted by atomic mass is 17.3. The third-order valence-electron chi connectivity index (χ3n) is 13.7. The first-order chi connectivity index (χ1) is 25.8. The van der Waals surface area contributed by atoms with Crippen molar-refractivity contribution in [2.75, 3.05) is 19.7 Å². The van der Waals surface area contributed by atoms with Gasteiger partial charge in [-0.25, -0.2) is 9.59 Å². The number of fused-ring (bicyclic) bond motifs is 3. The molecule has 3 aromatic carbocycles. The van der Waals surface area contributed by atoms with Gasteiger partial charge < -0.3 is 30.2 Å².